The van der Waals surface area contributed by atoms with Crippen molar-refractivity contribution in [3.05, 3.63) is 23.7 Å². The summed E-state index contributed by atoms with van der Waals surface area (Å²) in [5.74, 6) is 0.439. The van der Waals surface area contributed by atoms with Crippen LogP contribution in [-0.4, -0.2) is 6.18 Å². The van der Waals surface area contributed by atoms with Crippen molar-refractivity contribution in [2.75, 3.05) is 0 Å². The second-order valence-electron chi connectivity index (χ2n) is 3.23. The molecule has 1 aromatic heterocycles. The Morgan fingerprint density at radius 2 is 2.14 bits per heavy atom. The van der Waals surface area contributed by atoms with E-state index in [0.717, 1.165) is 5.56 Å². The quantitative estimate of drug-likeness (QED) is 0.827. The predicted octanol–water partition coefficient (Wildman–Crippen LogP) is 2.93. The second kappa shape index (κ2) is 4.04. The standard InChI is InChI=1S/C9H12F3NO/c1-6-3-5-14-8(6)7(13)2-4-9(10,11)12/h3,5,7H,2,4,13H2,1H3. The summed E-state index contributed by atoms with van der Waals surface area (Å²) in [6.45, 7) is 1.76. The maximum Gasteiger partial charge on any atom is 0.389 e. The minimum absolute atomic E-state index is 0.141. The van der Waals surface area contributed by atoms with E-state index >= 15 is 0 Å². The molecule has 2 nitrogen and oxygen atoms in total. The third kappa shape index (κ3) is 3.06. The van der Waals surface area contributed by atoms with Crippen LogP contribution in [0.3, 0.4) is 0 Å². The van der Waals surface area contributed by atoms with Gasteiger partial charge < -0.3 is 10.2 Å². The Hall–Kier alpha value is -0.970. The van der Waals surface area contributed by atoms with Gasteiger partial charge in [0.15, 0.2) is 0 Å². The van der Waals surface area contributed by atoms with E-state index in [0.29, 0.717) is 5.76 Å². The Bertz CT molecular complexity index is 292. The van der Waals surface area contributed by atoms with Gasteiger partial charge in [-0.2, -0.15) is 13.2 Å². The smallest absolute Gasteiger partial charge is 0.389 e. The van der Waals surface area contributed by atoms with Crippen LogP contribution < -0.4 is 5.73 Å². The lowest BCUT2D eigenvalue weighted by Crippen LogP contribution is -2.15. The monoisotopic (exact) mass is 207 g/mol. The van der Waals surface area contributed by atoms with Gasteiger partial charge in [-0.15, -0.1) is 0 Å². The molecule has 2 N–H and O–H groups in total. The molecule has 0 aromatic carbocycles. The van der Waals surface area contributed by atoms with Crippen molar-refractivity contribution >= 4 is 0 Å². The zero-order chi connectivity index (χ0) is 10.8. The van der Waals surface area contributed by atoms with Crippen LogP contribution in [0.1, 0.15) is 30.2 Å². The Morgan fingerprint density at radius 3 is 2.57 bits per heavy atom. The van der Waals surface area contributed by atoms with Gasteiger partial charge in [0, 0.05) is 6.42 Å². The number of rotatable bonds is 3. The normalized spacial score (nSPS) is 14.4. The predicted molar refractivity (Wildman–Crippen MR) is 45.7 cm³/mol. The molecule has 0 aliphatic rings. The molecule has 80 valence electrons. The summed E-state index contributed by atoms with van der Waals surface area (Å²) in [7, 11) is 0. The summed E-state index contributed by atoms with van der Waals surface area (Å²) in [4.78, 5) is 0. The van der Waals surface area contributed by atoms with Crippen LogP contribution in [0, 0.1) is 6.92 Å². The molecule has 0 aliphatic carbocycles. The number of halogens is 3. The van der Waals surface area contributed by atoms with E-state index in [1.54, 1.807) is 13.0 Å². The van der Waals surface area contributed by atoms with Crippen LogP contribution in [0.4, 0.5) is 13.2 Å². The van der Waals surface area contributed by atoms with Crippen molar-refractivity contribution in [2.45, 2.75) is 32.0 Å². The number of aryl methyl sites for hydroxylation is 1. The molecule has 1 aromatic rings. The van der Waals surface area contributed by atoms with Gasteiger partial charge in [0.25, 0.3) is 0 Å². The van der Waals surface area contributed by atoms with Gasteiger partial charge >= 0.3 is 6.18 Å². The highest BCUT2D eigenvalue weighted by Gasteiger charge is 2.28. The molecule has 0 radical (unpaired) electrons. The highest BCUT2D eigenvalue weighted by molar-refractivity contribution is 5.17. The van der Waals surface area contributed by atoms with E-state index in [9.17, 15) is 13.2 Å². The Kier molecular flexibility index (Phi) is 3.21. The first-order valence-electron chi connectivity index (χ1n) is 4.26. The fourth-order valence-corrected chi connectivity index (χ4v) is 1.21. The van der Waals surface area contributed by atoms with Crippen LogP contribution in [0.5, 0.6) is 0 Å². The van der Waals surface area contributed by atoms with Gasteiger partial charge in [-0.05, 0) is 25.0 Å². The summed E-state index contributed by atoms with van der Waals surface area (Å²) in [5.41, 5.74) is 6.35. The maximum absolute atomic E-state index is 11.9. The number of hydrogen-bond acceptors (Lipinski definition) is 2. The first-order chi connectivity index (χ1) is 6.40. The van der Waals surface area contributed by atoms with Crippen molar-refractivity contribution in [3.8, 4) is 0 Å². The van der Waals surface area contributed by atoms with E-state index in [1.165, 1.54) is 6.26 Å². The van der Waals surface area contributed by atoms with Crippen molar-refractivity contribution in [3.63, 3.8) is 0 Å². The van der Waals surface area contributed by atoms with E-state index in [-0.39, 0.29) is 6.42 Å². The topological polar surface area (TPSA) is 39.2 Å². The first-order valence-corrected chi connectivity index (χ1v) is 4.26. The fourth-order valence-electron chi connectivity index (χ4n) is 1.21. The van der Waals surface area contributed by atoms with Crippen molar-refractivity contribution in [2.24, 2.45) is 5.73 Å². The molecule has 0 aliphatic heterocycles. The minimum Gasteiger partial charge on any atom is -0.467 e. The molecule has 0 bridgehead atoms. The largest absolute Gasteiger partial charge is 0.467 e. The van der Waals surface area contributed by atoms with Crippen LogP contribution >= 0.6 is 0 Å². The molecule has 0 amide bonds. The molecule has 1 unspecified atom stereocenters. The van der Waals surface area contributed by atoms with Gasteiger partial charge in [0.1, 0.15) is 5.76 Å². The molecule has 0 fully saturated rings. The van der Waals surface area contributed by atoms with Crippen LogP contribution in [0.25, 0.3) is 0 Å². The second-order valence-corrected chi connectivity index (χ2v) is 3.23. The molecular weight excluding hydrogens is 195 g/mol. The molecule has 0 saturated heterocycles. The number of alkyl halides is 3. The molecule has 0 spiro atoms. The van der Waals surface area contributed by atoms with E-state index in [1.807, 2.05) is 0 Å². The Balaban J connectivity index is 2.51. The van der Waals surface area contributed by atoms with Crippen molar-refractivity contribution < 1.29 is 17.6 Å². The third-order valence-corrected chi connectivity index (χ3v) is 1.98. The van der Waals surface area contributed by atoms with Gasteiger partial charge in [-0.1, -0.05) is 0 Å². The summed E-state index contributed by atoms with van der Waals surface area (Å²) in [6, 6.07) is 1.01. The molecular formula is C9H12F3NO. The molecule has 1 rings (SSSR count). The molecule has 5 heteroatoms. The maximum atomic E-state index is 11.9. The van der Waals surface area contributed by atoms with Crippen molar-refractivity contribution in [1.82, 2.24) is 0 Å². The lowest BCUT2D eigenvalue weighted by Gasteiger charge is -2.11. The van der Waals surface area contributed by atoms with E-state index in [2.05, 4.69) is 0 Å². The van der Waals surface area contributed by atoms with Crippen LogP contribution in [-0.2, 0) is 0 Å². The Labute approximate surface area is 79.9 Å². The molecule has 14 heavy (non-hydrogen) atoms. The average molecular weight is 207 g/mol. The van der Waals surface area contributed by atoms with Crippen molar-refractivity contribution in [1.29, 1.82) is 0 Å². The SMILES string of the molecule is Cc1ccoc1C(N)CCC(F)(F)F. The van der Waals surface area contributed by atoms with Crippen LogP contribution in [0.15, 0.2) is 16.7 Å². The third-order valence-electron chi connectivity index (χ3n) is 1.98. The highest BCUT2D eigenvalue weighted by atomic mass is 19.4. The summed E-state index contributed by atoms with van der Waals surface area (Å²) in [6.07, 6.45) is -3.75. The van der Waals surface area contributed by atoms with E-state index in [4.69, 9.17) is 10.2 Å². The first kappa shape index (κ1) is 11.1. The lowest BCUT2D eigenvalue weighted by atomic mass is 10.1. The lowest BCUT2D eigenvalue weighted by molar-refractivity contribution is -0.136. The highest BCUT2D eigenvalue weighted by Crippen LogP contribution is 2.27. The fraction of sp³-hybridized carbons (Fsp3) is 0.556. The molecule has 1 atom stereocenters. The van der Waals surface area contributed by atoms with Crippen LogP contribution in [0.2, 0.25) is 0 Å². The summed E-state index contributed by atoms with van der Waals surface area (Å²) >= 11 is 0. The van der Waals surface area contributed by atoms with Gasteiger partial charge in [-0.3, -0.25) is 0 Å². The summed E-state index contributed by atoms with van der Waals surface area (Å²) in [5, 5.41) is 0. The zero-order valence-electron chi connectivity index (χ0n) is 7.77. The number of furan rings is 1. The van der Waals surface area contributed by atoms with E-state index < -0.39 is 18.6 Å². The van der Waals surface area contributed by atoms with Gasteiger partial charge in [0.2, 0.25) is 0 Å². The Morgan fingerprint density at radius 1 is 1.50 bits per heavy atom. The van der Waals surface area contributed by atoms with Gasteiger partial charge in [0.05, 0.1) is 12.3 Å². The molecule has 0 saturated carbocycles. The molecule has 1 heterocycles. The summed E-state index contributed by atoms with van der Waals surface area (Å²) < 4.78 is 40.6. The number of hydrogen-bond donors (Lipinski definition) is 1. The minimum atomic E-state index is -4.15. The number of nitrogens with two attached hydrogens (primary N) is 1. The average Bonchev–Trinajstić information content (AvgIpc) is 2.46. The van der Waals surface area contributed by atoms with Gasteiger partial charge in [-0.25, -0.2) is 0 Å². The zero-order valence-corrected chi connectivity index (χ0v) is 7.77.